The highest BCUT2D eigenvalue weighted by molar-refractivity contribution is 6.39. The van der Waals surface area contributed by atoms with Gasteiger partial charge in [0.25, 0.3) is 0 Å². The number of anilines is 1. The van der Waals surface area contributed by atoms with Crippen molar-refractivity contribution in [2.45, 2.75) is 20.8 Å². The average molecular weight is 269 g/mol. The Hall–Kier alpha value is -1.55. The van der Waals surface area contributed by atoms with Crippen molar-refractivity contribution in [3.05, 3.63) is 28.8 Å². The van der Waals surface area contributed by atoms with Crippen LogP contribution in [0.4, 0.5) is 5.69 Å². The lowest BCUT2D eigenvalue weighted by Gasteiger charge is -2.18. The van der Waals surface area contributed by atoms with Crippen LogP contribution in [0.25, 0.3) is 0 Å². The molecule has 1 aromatic rings. The van der Waals surface area contributed by atoms with Gasteiger partial charge in [-0.1, -0.05) is 11.6 Å². The summed E-state index contributed by atoms with van der Waals surface area (Å²) in [7, 11) is 0. The molecule has 5 heteroatoms. The number of halogens is 1. The summed E-state index contributed by atoms with van der Waals surface area (Å²) < 4.78 is 0. The molecule has 0 saturated carbocycles. The molecular formula is C13H17ClN2O2. The molecule has 0 fully saturated rings. The average Bonchev–Trinajstić information content (AvgIpc) is 2.34. The monoisotopic (exact) mass is 268 g/mol. The lowest BCUT2D eigenvalue weighted by Crippen LogP contribution is -2.39. The minimum atomic E-state index is -0.621. The maximum absolute atomic E-state index is 11.8. The molecule has 98 valence electrons. The summed E-state index contributed by atoms with van der Waals surface area (Å²) in [6.45, 7) is 6.53. The number of rotatable bonds is 3. The van der Waals surface area contributed by atoms with Crippen LogP contribution >= 0.6 is 11.6 Å². The number of aryl methyl sites for hydroxylation is 1. The van der Waals surface area contributed by atoms with E-state index < -0.39 is 11.8 Å². The Morgan fingerprint density at radius 3 is 2.39 bits per heavy atom. The summed E-state index contributed by atoms with van der Waals surface area (Å²) in [5.41, 5.74) is 1.42. The Morgan fingerprint density at radius 1 is 1.28 bits per heavy atom. The van der Waals surface area contributed by atoms with Crippen molar-refractivity contribution in [2.75, 3.05) is 18.4 Å². The molecule has 0 heterocycles. The number of likely N-dealkylation sites (N-methyl/N-ethyl adjacent to an activating group) is 1. The highest BCUT2D eigenvalue weighted by atomic mass is 35.5. The third-order valence-electron chi connectivity index (χ3n) is 2.68. The fourth-order valence-corrected chi connectivity index (χ4v) is 1.82. The first-order chi connectivity index (χ1) is 8.49. The molecule has 0 bridgehead atoms. The van der Waals surface area contributed by atoms with Gasteiger partial charge in [0.2, 0.25) is 0 Å². The van der Waals surface area contributed by atoms with E-state index in [1.807, 2.05) is 20.8 Å². The van der Waals surface area contributed by atoms with Gasteiger partial charge in [-0.15, -0.1) is 0 Å². The van der Waals surface area contributed by atoms with Gasteiger partial charge in [0.05, 0.1) is 0 Å². The fourth-order valence-electron chi connectivity index (χ4n) is 1.60. The highest BCUT2D eigenvalue weighted by Crippen LogP contribution is 2.19. The second kappa shape index (κ2) is 6.40. The zero-order valence-corrected chi connectivity index (χ0v) is 11.5. The summed E-state index contributed by atoms with van der Waals surface area (Å²) >= 11 is 5.82. The molecular weight excluding hydrogens is 252 g/mol. The molecule has 18 heavy (non-hydrogen) atoms. The van der Waals surface area contributed by atoms with E-state index in [9.17, 15) is 9.59 Å². The molecule has 0 unspecified atom stereocenters. The standard InChI is InChI=1S/C13H17ClN2O2/c1-4-16(5-2)13(18)12(17)15-11-7-6-10(14)8-9(11)3/h6-8H,4-5H2,1-3H3,(H,15,17). The van der Waals surface area contributed by atoms with Gasteiger partial charge in [-0.3, -0.25) is 9.59 Å². The molecule has 0 radical (unpaired) electrons. The van der Waals surface area contributed by atoms with Crippen molar-refractivity contribution < 1.29 is 9.59 Å². The summed E-state index contributed by atoms with van der Waals surface area (Å²) in [6.07, 6.45) is 0. The van der Waals surface area contributed by atoms with Crippen molar-refractivity contribution in [1.29, 1.82) is 0 Å². The van der Waals surface area contributed by atoms with E-state index >= 15 is 0 Å². The van der Waals surface area contributed by atoms with Crippen molar-refractivity contribution >= 4 is 29.1 Å². The Bertz CT molecular complexity index is 456. The van der Waals surface area contributed by atoms with E-state index in [0.29, 0.717) is 23.8 Å². The van der Waals surface area contributed by atoms with Crippen LogP contribution in [-0.2, 0) is 9.59 Å². The first-order valence-corrected chi connectivity index (χ1v) is 6.23. The quantitative estimate of drug-likeness (QED) is 0.856. The van der Waals surface area contributed by atoms with E-state index in [1.54, 1.807) is 18.2 Å². The molecule has 1 aromatic carbocycles. The smallest absolute Gasteiger partial charge is 0.313 e. The molecule has 0 atom stereocenters. The van der Waals surface area contributed by atoms with Gasteiger partial charge in [-0.25, -0.2) is 0 Å². The van der Waals surface area contributed by atoms with E-state index in [4.69, 9.17) is 11.6 Å². The number of carbonyl (C=O) groups excluding carboxylic acids is 2. The minimum absolute atomic E-state index is 0.516. The first-order valence-electron chi connectivity index (χ1n) is 5.86. The van der Waals surface area contributed by atoms with Crippen molar-refractivity contribution in [2.24, 2.45) is 0 Å². The van der Waals surface area contributed by atoms with Gasteiger partial charge in [-0.05, 0) is 44.5 Å². The third kappa shape index (κ3) is 3.47. The molecule has 0 aliphatic carbocycles. The van der Waals surface area contributed by atoms with Crippen LogP contribution in [0, 0.1) is 6.92 Å². The van der Waals surface area contributed by atoms with E-state index in [0.717, 1.165) is 5.56 Å². The number of nitrogens with zero attached hydrogens (tertiary/aromatic N) is 1. The molecule has 2 amide bonds. The number of amides is 2. The van der Waals surface area contributed by atoms with Gasteiger partial charge in [0.15, 0.2) is 0 Å². The summed E-state index contributed by atoms with van der Waals surface area (Å²) in [4.78, 5) is 25.0. The van der Waals surface area contributed by atoms with Crippen LogP contribution in [0.15, 0.2) is 18.2 Å². The zero-order chi connectivity index (χ0) is 13.7. The largest absolute Gasteiger partial charge is 0.335 e. The first kappa shape index (κ1) is 14.5. The van der Waals surface area contributed by atoms with Crippen LogP contribution in [0.3, 0.4) is 0 Å². The second-order valence-electron chi connectivity index (χ2n) is 3.89. The normalized spacial score (nSPS) is 10.0. The number of carbonyl (C=O) groups is 2. The lowest BCUT2D eigenvalue weighted by atomic mass is 10.2. The highest BCUT2D eigenvalue weighted by Gasteiger charge is 2.19. The van der Waals surface area contributed by atoms with E-state index in [1.165, 1.54) is 4.90 Å². The SMILES string of the molecule is CCN(CC)C(=O)C(=O)Nc1ccc(Cl)cc1C. The fraction of sp³-hybridized carbons (Fsp3) is 0.385. The maximum atomic E-state index is 11.8. The van der Waals surface area contributed by atoms with Crippen LogP contribution in [0.5, 0.6) is 0 Å². The lowest BCUT2D eigenvalue weighted by molar-refractivity contribution is -0.142. The van der Waals surface area contributed by atoms with E-state index in [-0.39, 0.29) is 0 Å². The van der Waals surface area contributed by atoms with Crippen molar-refractivity contribution in [3.8, 4) is 0 Å². The predicted molar refractivity (Wildman–Crippen MR) is 72.7 cm³/mol. The number of benzene rings is 1. The number of nitrogens with one attached hydrogen (secondary N) is 1. The van der Waals surface area contributed by atoms with Gasteiger partial charge in [-0.2, -0.15) is 0 Å². The maximum Gasteiger partial charge on any atom is 0.313 e. The molecule has 0 spiro atoms. The van der Waals surface area contributed by atoms with Crippen LogP contribution in [-0.4, -0.2) is 29.8 Å². The Morgan fingerprint density at radius 2 is 1.89 bits per heavy atom. The van der Waals surface area contributed by atoms with Crippen molar-refractivity contribution in [1.82, 2.24) is 4.90 Å². The molecule has 1 N–H and O–H groups in total. The van der Waals surface area contributed by atoms with Crippen LogP contribution in [0.1, 0.15) is 19.4 Å². The number of hydrogen-bond acceptors (Lipinski definition) is 2. The van der Waals surface area contributed by atoms with Gasteiger partial charge >= 0.3 is 11.8 Å². The van der Waals surface area contributed by atoms with Crippen LogP contribution < -0.4 is 5.32 Å². The summed E-state index contributed by atoms with van der Waals surface area (Å²) in [5.74, 6) is -1.14. The Balaban J connectivity index is 2.78. The Labute approximate surface area is 112 Å². The zero-order valence-electron chi connectivity index (χ0n) is 10.8. The molecule has 0 aromatic heterocycles. The third-order valence-corrected chi connectivity index (χ3v) is 2.92. The van der Waals surface area contributed by atoms with Gasteiger partial charge in [0.1, 0.15) is 0 Å². The minimum Gasteiger partial charge on any atom is -0.335 e. The van der Waals surface area contributed by atoms with Crippen molar-refractivity contribution in [3.63, 3.8) is 0 Å². The molecule has 0 aliphatic heterocycles. The summed E-state index contributed by atoms with van der Waals surface area (Å²) in [6, 6.07) is 5.09. The van der Waals surface area contributed by atoms with E-state index in [2.05, 4.69) is 5.32 Å². The molecule has 0 aliphatic rings. The van der Waals surface area contributed by atoms with Crippen LogP contribution in [0.2, 0.25) is 5.02 Å². The number of hydrogen-bond donors (Lipinski definition) is 1. The molecule has 4 nitrogen and oxygen atoms in total. The predicted octanol–water partition coefficient (Wildman–Crippen LogP) is 2.46. The topological polar surface area (TPSA) is 49.4 Å². The van der Waals surface area contributed by atoms with Gasteiger partial charge < -0.3 is 10.2 Å². The molecule has 1 rings (SSSR count). The summed E-state index contributed by atoms with van der Waals surface area (Å²) in [5, 5.41) is 3.20. The van der Waals surface area contributed by atoms with Gasteiger partial charge in [0, 0.05) is 23.8 Å². The Kier molecular flexibility index (Phi) is 5.16. The molecule has 0 saturated heterocycles. The second-order valence-corrected chi connectivity index (χ2v) is 4.33.